The van der Waals surface area contributed by atoms with Crippen LogP contribution in [0.3, 0.4) is 0 Å². The molecule has 0 spiro atoms. The first-order valence-corrected chi connectivity index (χ1v) is 12.7. The molecule has 1 unspecified atom stereocenters. The van der Waals surface area contributed by atoms with Crippen molar-refractivity contribution >= 4 is 50.8 Å². The summed E-state index contributed by atoms with van der Waals surface area (Å²) in [6, 6.07) is 27.0. The minimum atomic E-state index is 0.221. The topological polar surface area (TPSA) is 3.24 Å². The van der Waals surface area contributed by atoms with Gasteiger partial charge in [0.2, 0.25) is 0 Å². The average Bonchev–Trinajstić information content (AvgIpc) is 2.97. The molecule has 156 valence electrons. The molecule has 2 heteroatoms. The van der Waals surface area contributed by atoms with Crippen molar-refractivity contribution in [1.82, 2.24) is 0 Å². The maximum atomic E-state index is 2.52. The Morgan fingerprint density at radius 1 is 0.871 bits per heavy atom. The summed E-state index contributed by atoms with van der Waals surface area (Å²) in [6.07, 6.45) is 7.99. The fourth-order valence-corrected chi connectivity index (χ4v) is 5.79. The van der Waals surface area contributed by atoms with Crippen molar-refractivity contribution < 1.29 is 0 Å². The van der Waals surface area contributed by atoms with Crippen molar-refractivity contribution in [3.63, 3.8) is 0 Å². The molecule has 1 aliphatic heterocycles. The lowest BCUT2D eigenvalue weighted by Gasteiger charge is -2.30. The summed E-state index contributed by atoms with van der Waals surface area (Å²) in [5.41, 5.74) is 10.9. The molecule has 0 saturated carbocycles. The van der Waals surface area contributed by atoms with E-state index in [-0.39, 0.29) is 5.41 Å². The lowest BCUT2D eigenvalue weighted by atomic mass is 9.82. The van der Waals surface area contributed by atoms with Crippen LogP contribution in [0.15, 0.2) is 84.9 Å². The van der Waals surface area contributed by atoms with Gasteiger partial charge in [-0.2, -0.15) is 0 Å². The fraction of sp³-hybridized carbons (Fsp3) is 0.241. The zero-order chi connectivity index (χ0) is 21.4. The van der Waals surface area contributed by atoms with Crippen LogP contribution < -0.4 is 4.90 Å². The van der Waals surface area contributed by atoms with Crippen LogP contribution in [0.2, 0.25) is 0 Å². The molecular weight excluding hydrogens is 489 g/mol. The van der Waals surface area contributed by atoms with E-state index in [1.807, 2.05) is 0 Å². The zero-order valence-corrected chi connectivity index (χ0v) is 20.4. The maximum absolute atomic E-state index is 2.52. The third-order valence-electron chi connectivity index (χ3n) is 6.97. The second kappa shape index (κ2) is 8.31. The van der Waals surface area contributed by atoms with Crippen molar-refractivity contribution in [3.05, 3.63) is 102 Å². The summed E-state index contributed by atoms with van der Waals surface area (Å²) in [7, 11) is 0. The van der Waals surface area contributed by atoms with E-state index in [0.29, 0.717) is 0 Å². The highest BCUT2D eigenvalue weighted by Crippen LogP contribution is 2.49. The molecule has 3 aromatic rings. The molecule has 1 nitrogen and oxygen atoms in total. The predicted octanol–water partition coefficient (Wildman–Crippen LogP) is 8.83. The Balaban J connectivity index is 1.72. The third-order valence-corrected chi connectivity index (χ3v) is 8.66. The number of rotatable bonds is 4. The summed E-state index contributed by atoms with van der Waals surface area (Å²) in [4.78, 5) is 2.45. The highest BCUT2D eigenvalue weighted by molar-refractivity contribution is 14.1. The summed E-state index contributed by atoms with van der Waals surface area (Å²) in [5.74, 6) is 0. The highest BCUT2D eigenvalue weighted by Gasteiger charge is 2.28. The molecule has 0 N–H and O–H groups in total. The van der Waals surface area contributed by atoms with Gasteiger partial charge in [-0.3, -0.25) is 0 Å². The normalized spacial score (nSPS) is 16.8. The molecule has 0 amide bonds. The van der Waals surface area contributed by atoms with Gasteiger partial charge >= 0.3 is 0 Å². The quantitative estimate of drug-likeness (QED) is 0.247. The molecule has 1 atom stereocenters. The number of para-hydroxylation sites is 2. The lowest BCUT2D eigenvalue weighted by Crippen LogP contribution is -2.22. The van der Waals surface area contributed by atoms with E-state index in [1.165, 1.54) is 44.9 Å². The van der Waals surface area contributed by atoms with E-state index in [2.05, 4.69) is 126 Å². The van der Waals surface area contributed by atoms with Crippen LogP contribution in [0.25, 0.3) is 11.1 Å². The number of hydrogen-bond donors (Lipinski definition) is 0. The van der Waals surface area contributed by atoms with Crippen LogP contribution in [-0.2, 0) is 5.41 Å². The molecule has 3 aromatic carbocycles. The zero-order valence-electron chi connectivity index (χ0n) is 18.2. The monoisotopic (exact) mass is 517 g/mol. The van der Waals surface area contributed by atoms with Crippen LogP contribution in [-0.4, -0.2) is 4.43 Å². The average molecular weight is 517 g/mol. The lowest BCUT2D eigenvalue weighted by molar-refractivity contribution is 0.524. The number of benzene rings is 3. The van der Waals surface area contributed by atoms with E-state index in [4.69, 9.17) is 0 Å². The molecule has 5 rings (SSSR count). The molecule has 0 fully saturated rings. The van der Waals surface area contributed by atoms with Crippen molar-refractivity contribution in [3.8, 4) is 0 Å². The van der Waals surface area contributed by atoms with Crippen LogP contribution in [0.4, 0.5) is 17.1 Å². The van der Waals surface area contributed by atoms with Gasteiger partial charge in [0.25, 0.3) is 0 Å². The summed E-state index contributed by atoms with van der Waals surface area (Å²) >= 11 is 2.52. The van der Waals surface area contributed by atoms with Crippen molar-refractivity contribution in [1.29, 1.82) is 0 Å². The van der Waals surface area contributed by atoms with Gasteiger partial charge in [0.1, 0.15) is 0 Å². The Labute approximate surface area is 199 Å². The van der Waals surface area contributed by atoms with Crippen LogP contribution >= 0.6 is 22.6 Å². The smallest absolute Gasteiger partial charge is 0.0540 e. The van der Waals surface area contributed by atoms with Crippen LogP contribution in [0, 0.1) is 0 Å². The first-order chi connectivity index (χ1) is 15.2. The number of nitrogens with zero attached hydrogens (tertiary/aromatic N) is 1. The molecule has 0 radical (unpaired) electrons. The van der Waals surface area contributed by atoms with Gasteiger partial charge in [0, 0.05) is 26.7 Å². The van der Waals surface area contributed by atoms with E-state index < -0.39 is 0 Å². The number of alkyl halides is 1. The Morgan fingerprint density at radius 3 is 2.19 bits per heavy atom. The molecule has 1 heterocycles. The molecule has 0 saturated heterocycles. The largest absolute Gasteiger partial charge is 0.309 e. The number of allylic oxidation sites excluding steroid dienone is 4. The molecule has 31 heavy (non-hydrogen) atoms. The van der Waals surface area contributed by atoms with E-state index in [9.17, 15) is 0 Å². The molecule has 0 aromatic heterocycles. The van der Waals surface area contributed by atoms with E-state index in [0.717, 1.165) is 23.7 Å². The Kier molecular flexibility index (Phi) is 5.51. The number of hydrogen-bond acceptors (Lipinski definition) is 1. The number of fused-ring (bicyclic) bond motifs is 4. The SMILES string of the molecule is CCC(C)(CI)c1ccc(N2c3ccccc3C3=C(CCC=C3)c3ccccc32)cc1. The second-order valence-electron chi connectivity index (χ2n) is 8.80. The van der Waals surface area contributed by atoms with Gasteiger partial charge in [-0.15, -0.1) is 0 Å². The first kappa shape index (κ1) is 20.6. The highest BCUT2D eigenvalue weighted by atomic mass is 127. The summed E-state index contributed by atoms with van der Waals surface area (Å²) < 4.78 is 1.12. The predicted molar refractivity (Wildman–Crippen MR) is 143 cm³/mol. The van der Waals surface area contributed by atoms with Crippen LogP contribution in [0.5, 0.6) is 0 Å². The molecule has 2 aliphatic rings. The number of halogens is 1. The van der Waals surface area contributed by atoms with Crippen molar-refractivity contribution in [2.45, 2.75) is 38.5 Å². The minimum Gasteiger partial charge on any atom is -0.309 e. The Morgan fingerprint density at radius 2 is 1.52 bits per heavy atom. The standard InChI is InChI=1S/C29H28IN/c1-3-29(2,20-30)21-16-18-22(19-17-21)31-27-14-8-6-12-25(27)23-10-4-5-11-24(23)26-13-7-9-15-28(26)31/h4,6-10,12-19H,3,5,11,20H2,1-2H3. The van der Waals surface area contributed by atoms with Gasteiger partial charge in [0.15, 0.2) is 0 Å². The first-order valence-electron chi connectivity index (χ1n) is 11.2. The molecule has 0 bridgehead atoms. The molecular formula is C29H28IN. The Hall–Kier alpha value is -2.33. The van der Waals surface area contributed by atoms with Gasteiger partial charge in [0.05, 0.1) is 11.4 Å². The maximum Gasteiger partial charge on any atom is 0.0540 e. The van der Waals surface area contributed by atoms with E-state index in [1.54, 1.807) is 0 Å². The summed E-state index contributed by atoms with van der Waals surface area (Å²) in [6.45, 7) is 4.66. The number of anilines is 3. The summed E-state index contributed by atoms with van der Waals surface area (Å²) in [5, 5.41) is 0. The van der Waals surface area contributed by atoms with Gasteiger partial charge in [-0.25, -0.2) is 0 Å². The van der Waals surface area contributed by atoms with Crippen LogP contribution in [0.1, 0.15) is 49.8 Å². The van der Waals surface area contributed by atoms with Gasteiger partial charge in [-0.05, 0) is 60.2 Å². The van der Waals surface area contributed by atoms with Gasteiger partial charge < -0.3 is 4.90 Å². The van der Waals surface area contributed by atoms with Crippen molar-refractivity contribution in [2.75, 3.05) is 9.33 Å². The Bertz CT molecular complexity index is 1170. The fourth-order valence-electron chi connectivity index (χ4n) is 4.81. The van der Waals surface area contributed by atoms with E-state index >= 15 is 0 Å². The van der Waals surface area contributed by atoms with Crippen molar-refractivity contribution in [2.24, 2.45) is 0 Å². The minimum absolute atomic E-state index is 0.221. The van der Waals surface area contributed by atoms with Gasteiger partial charge in [-0.1, -0.05) is 97.1 Å². The third kappa shape index (κ3) is 3.45. The second-order valence-corrected chi connectivity index (χ2v) is 9.56. The molecule has 1 aliphatic carbocycles.